The van der Waals surface area contributed by atoms with Crippen molar-refractivity contribution < 1.29 is 18.9 Å². The van der Waals surface area contributed by atoms with E-state index in [1.54, 1.807) is 21.3 Å². The minimum atomic E-state index is -0.440. The molecule has 1 aromatic rings. The highest BCUT2D eigenvalue weighted by molar-refractivity contribution is 5.54. The molecule has 0 fully saturated rings. The van der Waals surface area contributed by atoms with E-state index in [0.29, 0.717) is 0 Å². The van der Waals surface area contributed by atoms with Crippen LogP contribution in [0.15, 0.2) is 0 Å². The third-order valence-corrected chi connectivity index (χ3v) is 3.66. The van der Waals surface area contributed by atoms with Gasteiger partial charge in [-0.1, -0.05) is 0 Å². The highest BCUT2D eigenvalue weighted by Crippen LogP contribution is 2.38. The summed E-state index contributed by atoms with van der Waals surface area (Å²) in [5, 5.41) is 0. The van der Waals surface area contributed by atoms with Crippen molar-refractivity contribution in [2.45, 2.75) is 34.0 Å². The second-order valence-electron chi connectivity index (χ2n) is 4.60. The van der Waals surface area contributed by atoms with Crippen LogP contribution in [0.1, 0.15) is 34.1 Å². The Morgan fingerprint density at radius 1 is 0.789 bits per heavy atom. The van der Waals surface area contributed by atoms with Gasteiger partial charge in [0.15, 0.2) is 13.1 Å². The maximum absolute atomic E-state index is 5.74. The predicted molar refractivity (Wildman–Crippen MR) is 74.7 cm³/mol. The Morgan fingerprint density at radius 3 is 1.79 bits per heavy atom. The van der Waals surface area contributed by atoms with Gasteiger partial charge in [0.05, 0.1) is 5.56 Å². The van der Waals surface area contributed by atoms with Crippen LogP contribution in [0.4, 0.5) is 0 Å². The first-order chi connectivity index (χ1) is 8.99. The summed E-state index contributed by atoms with van der Waals surface area (Å²) in [7, 11) is 4.85. The van der Waals surface area contributed by atoms with Crippen LogP contribution >= 0.6 is 0 Å². The molecule has 0 atom stereocenters. The Morgan fingerprint density at radius 2 is 1.32 bits per heavy atom. The predicted octanol–water partition coefficient (Wildman–Crippen LogP) is 3.19. The van der Waals surface area contributed by atoms with Crippen molar-refractivity contribution in [2.24, 2.45) is 0 Å². The van der Waals surface area contributed by atoms with Crippen LogP contribution in [0.3, 0.4) is 0 Å². The second kappa shape index (κ2) is 6.89. The molecule has 1 aromatic carbocycles. The van der Waals surface area contributed by atoms with Crippen LogP contribution in [0, 0.1) is 27.7 Å². The third-order valence-electron chi connectivity index (χ3n) is 3.66. The molecule has 0 bridgehead atoms. The zero-order valence-corrected chi connectivity index (χ0v) is 12.9. The lowest BCUT2D eigenvalue weighted by Gasteiger charge is -2.24. The van der Waals surface area contributed by atoms with Gasteiger partial charge in [0.2, 0.25) is 0 Å². The van der Waals surface area contributed by atoms with Gasteiger partial charge < -0.3 is 18.9 Å². The largest absolute Gasteiger partial charge is 0.467 e. The van der Waals surface area contributed by atoms with Crippen molar-refractivity contribution in [2.75, 3.05) is 28.1 Å². The molecule has 0 aliphatic carbocycles. The molecule has 0 unspecified atom stereocenters. The lowest BCUT2D eigenvalue weighted by molar-refractivity contribution is -0.108. The molecule has 4 heteroatoms. The lowest BCUT2D eigenvalue weighted by Crippen LogP contribution is -2.13. The first-order valence-corrected chi connectivity index (χ1v) is 6.27. The molecule has 0 heterocycles. The molecule has 1 rings (SSSR count). The molecule has 0 aromatic heterocycles. The van der Waals surface area contributed by atoms with E-state index in [1.807, 2.05) is 6.92 Å². The van der Waals surface area contributed by atoms with Crippen LogP contribution in [-0.4, -0.2) is 28.1 Å². The molecule has 0 saturated heterocycles. The van der Waals surface area contributed by atoms with Crippen molar-refractivity contribution >= 4 is 0 Å². The van der Waals surface area contributed by atoms with E-state index >= 15 is 0 Å². The Balaban J connectivity index is 3.46. The molecule has 0 N–H and O–H groups in total. The van der Waals surface area contributed by atoms with E-state index in [4.69, 9.17) is 18.9 Å². The fourth-order valence-corrected chi connectivity index (χ4v) is 2.23. The first-order valence-electron chi connectivity index (χ1n) is 6.27. The van der Waals surface area contributed by atoms with Crippen molar-refractivity contribution in [3.05, 3.63) is 27.8 Å². The summed E-state index contributed by atoms with van der Waals surface area (Å²) in [5.41, 5.74) is 5.61. The number of hydrogen-bond donors (Lipinski definition) is 0. The fraction of sp³-hybridized carbons (Fsp3) is 0.600. The molecule has 108 valence electrons. The van der Waals surface area contributed by atoms with Crippen molar-refractivity contribution in [3.63, 3.8) is 0 Å². The highest BCUT2D eigenvalue weighted by atomic mass is 16.7. The van der Waals surface area contributed by atoms with E-state index in [2.05, 4.69) is 20.8 Å². The summed E-state index contributed by atoms with van der Waals surface area (Å²) in [4.78, 5) is 0. The second-order valence-corrected chi connectivity index (χ2v) is 4.60. The van der Waals surface area contributed by atoms with E-state index in [-0.39, 0.29) is 6.79 Å². The van der Waals surface area contributed by atoms with Gasteiger partial charge in [0.25, 0.3) is 0 Å². The zero-order valence-electron chi connectivity index (χ0n) is 12.9. The molecule has 0 spiro atoms. The minimum Gasteiger partial charge on any atom is -0.467 e. The maximum Gasteiger partial charge on any atom is 0.188 e. The topological polar surface area (TPSA) is 36.9 Å². The first kappa shape index (κ1) is 16.0. The van der Waals surface area contributed by atoms with Gasteiger partial charge in [0.1, 0.15) is 5.75 Å². The molecule has 0 amide bonds. The number of benzene rings is 1. The van der Waals surface area contributed by atoms with Crippen molar-refractivity contribution in [3.8, 4) is 5.75 Å². The molecule has 4 nitrogen and oxygen atoms in total. The van der Waals surface area contributed by atoms with Crippen LogP contribution < -0.4 is 4.74 Å². The van der Waals surface area contributed by atoms with E-state index in [0.717, 1.165) is 22.4 Å². The maximum atomic E-state index is 5.74. The van der Waals surface area contributed by atoms with Gasteiger partial charge in [-0.05, 0) is 49.9 Å². The average molecular weight is 268 g/mol. The van der Waals surface area contributed by atoms with Crippen LogP contribution in [-0.2, 0) is 14.2 Å². The molecular formula is C15H24O4. The van der Waals surface area contributed by atoms with Crippen LogP contribution in [0.5, 0.6) is 5.75 Å². The molecule has 19 heavy (non-hydrogen) atoms. The summed E-state index contributed by atoms with van der Waals surface area (Å²) in [6, 6.07) is 0. The van der Waals surface area contributed by atoms with E-state index < -0.39 is 6.29 Å². The normalized spacial score (nSPS) is 11.2. The number of methoxy groups -OCH3 is 3. The number of ether oxygens (including phenoxy) is 4. The smallest absolute Gasteiger partial charge is 0.188 e. The standard InChI is InChI=1S/C15H24O4/c1-9-10(2)12(4)14(19-8-16-5)13(11(9)3)15(17-6)18-7/h15H,8H2,1-7H3. The van der Waals surface area contributed by atoms with Gasteiger partial charge in [-0.15, -0.1) is 0 Å². The van der Waals surface area contributed by atoms with Crippen LogP contribution in [0.25, 0.3) is 0 Å². The monoisotopic (exact) mass is 268 g/mol. The molecular weight excluding hydrogens is 244 g/mol. The SMILES string of the molecule is COCOc1c(C)c(C)c(C)c(C)c1C(OC)OC. The Labute approximate surface area is 115 Å². The average Bonchev–Trinajstić information content (AvgIpc) is 2.42. The summed E-state index contributed by atoms with van der Waals surface area (Å²) in [6.45, 7) is 8.50. The van der Waals surface area contributed by atoms with Crippen molar-refractivity contribution in [1.29, 1.82) is 0 Å². The molecule has 0 radical (unpaired) electrons. The third kappa shape index (κ3) is 3.08. The quantitative estimate of drug-likeness (QED) is 0.742. The van der Waals surface area contributed by atoms with E-state index in [1.165, 1.54) is 11.1 Å². The highest BCUT2D eigenvalue weighted by Gasteiger charge is 2.23. The number of rotatable bonds is 6. The zero-order chi connectivity index (χ0) is 14.6. The van der Waals surface area contributed by atoms with Gasteiger partial charge in [0, 0.05) is 21.3 Å². The Bertz CT molecular complexity index is 437. The van der Waals surface area contributed by atoms with Crippen molar-refractivity contribution in [1.82, 2.24) is 0 Å². The van der Waals surface area contributed by atoms with Gasteiger partial charge >= 0.3 is 0 Å². The number of hydrogen-bond acceptors (Lipinski definition) is 4. The molecule has 0 aliphatic rings. The summed E-state index contributed by atoms with van der Waals surface area (Å²) in [5.74, 6) is 0.788. The summed E-state index contributed by atoms with van der Waals surface area (Å²) >= 11 is 0. The van der Waals surface area contributed by atoms with E-state index in [9.17, 15) is 0 Å². The van der Waals surface area contributed by atoms with Gasteiger partial charge in [-0.2, -0.15) is 0 Å². The fourth-order valence-electron chi connectivity index (χ4n) is 2.23. The van der Waals surface area contributed by atoms with Gasteiger partial charge in [-0.3, -0.25) is 0 Å². The Kier molecular flexibility index (Phi) is 5.79. The molecule has 0 aliphatic heterocycles. The molecule has 0 saturated carbocycles. The minimum absolute atomic E-state index is 0.204. The Hall–Kier alpha value is -1.10. The van der Waals surface area contributed by atoms with Gasteiger partial charge in [-0.25, -0.2) is 0 Å². The summed E-state index contributed by atoms with van der Waals surface area (Å²) < 4.78 is 21.5. The lowest BCUT2D eigenvalue weighted by atomic mass is 9.93. The van der Waals surface area contributed by atoms with Crippen LogP contribution in [0.2, 0.25) is 0 Å². The summed E-state index contributed by atoms with van der Waals surface area (Å²) in [6.07, 6.45) is -0.440.